The number of unbranched alkanes of at least 4 members (excludes halogenated alkanes) is 1. The van der Waals surface area contributed by atoms with Crippen LogP contribution in [0.15, 0.2) is 0 Å². The van der Waals surface area contributed by atoms with Crippen LogP contribution in [0.5, 0.6) is 0 Å². The smallest absolute Gasteiger partial charge is 0.223 e. The van der Waals surface area contributed by atoms with Gasteiger partial charge in [-0.25, -0.2) is 0 Å². The van der Waals surface area contributed by atoms with Crippen LogP contribution in [0, 0.1) is 11.8 Å². The normalized spacial score (nSPS) is 30.9. The van der Waals surface area contributed by atoms with Gasteiger partial charge in [-0.2, -0.15) is 0 Å². The number of carbonyl (C=O) groups excluding carboxylic acids is 1. The van der Waals surface area contributed by atoms with Gasteiger partial charge in [0.2, 0.25) is 5.91 Å². The minimum atomic E-state index is 0.144. The third kappa shape index (κ3) is 4.66. The minimum absolute atomic E-state index is 0.144. The summed E-state index contributed by atoms with van der Waals surface area (Å²) in [6, 6.07) is 0.503. The number of amides is 1. The first kappa shape index (κ1) is 14.5. The van der Waals surface area contributed by atoms with Gasteiger partial charge in [0.1, 0.15) is 0 Å². The van der Waals surface area contributed by atoms with E-state index in [2.05, 4.69) is 26.1 Å². The van der Waals surface area contributed by atoms with Gasteiger partial charge in [-0.1, -0.05) is 26.7 Å². The molecule has 4 unspecified atom stereocenters. The molecule has 0 aliphatic heterocycles. The fourth-order valence-corrected chi connectivity index (χ4v) is 2.54. The molecule has 1 amide bonds. The van der Waals surface area contributed by atoms with Gasteiger partial charge in [0.25, 0.3) is 0 Å². The highest BCUT2D eigenvalue weighted by Crippen LogP contribution is 2.27. The van der Waals surface area contributed by atoms with Crippen molar-refractivity contribution in [2.24, 2.45) is 17.6 Å². The maximum absolute atomic E-state index is 12.1. The van der Waals surface area contributed by atoms with Crippen LogP contribution < -0.4 is 11.1 Å². The average Bonchev–Trinajstić information content (AvgIpc) is 2.30. The highest BCUT2D eigenvalue weighted by Gasteiger charge is 2.29. The predicted octanol–water partition coefficient (Wildman–Crippen LogP) is 2.44. The molecule has 0 aromatic heterocycles. The number of rotatable bonds is 5. The summed E-state index contributed by atoms with van der Waals surface area (Å²) >= 11 is 0. The van der Waals surface area contributed by atoms with E-state index in [0.29, 0.717) is 12.0 Å². The maximum atomic E-state index is 12.1. The van der Waals surface area contributed by atoms with Crippen molar-refractivity contribution in [2.75, 3.05) is 0 Å². The lowest BCUT2D eigenvalue weighted by atomic mass is 9.79. The summed E-state index contributed by atoms with van der Waals surface area (Å²) in [6.45, 7) is 6.46. The second-order valence-electron chi connectivity index (χ2n) is 5.70. The third-order valence-electron chi connectivity index (χ3n) is 4.01. The van der Waals surface area contributed by atoms with E-state index in [1.807, 2.05) is 0 Å². The summed E-state index contributed by atoms with van der Waals surface area (Å²) in [7, 11) is 0. The Balaban J connectivity index is 2.32. The first-order valence-corrected chi connectivity index (χ1v) is 7.10. The molecule has 3 N–H and O–H groups in total. The molecule has 1 fully saturated rings. The molecule has 1 aliphatic rings. The van der Waals surface area contributed by atoms with E-state index in [9.17, 15) is 4.79 Å². The van der Waals surface area contributed by atoms with Crippen LogP contribution in [0.25, 0.3) is 0 Å². The fourth-order valence-electron chi connectivity index (χ4n) is 2.54. The molecule has 0 aromatic rings. The zero-order valence-electron chi connectivity index (χ0n) is 11.5. The number of carbonyl (C=O) groups is 1. The van der Waals surface area contributed by atoms with Crippen molar-refractivity contribution < 1.29 is 4.79 Å². The molecule has 4 atom stereocenters. The van der Waals surface area contributed by atoms with Gasteiger partial charge < -0.3 is 11.1 Å². The van der Waals surface area contributed by atoms with Gasteiger partial charge in [-0.3, -0.25) is 4.79 Å². The number of hydrogen-bond donors (Lipinski definition) is 2. The molecule has 3 nitrogen and oxygen atoms in total. The van der Waals surface area contributed by atoms with Crippen LogP contribution in [0.4, 0.5) is 0 Å². The molecule has 3 heteroatoms. The molecule has 0 heterocycles. The van der Waals surface area contributed by atoms with Crippen molar-refractivity contribution in [1.29, 1.82) is 0 Å². The standard InChI is InChI=1S/C14H28N2O/c1-4-5-6-11(3)16-14(17)12-8-7-10(2)13(15)9-12/h10-13H,4-9,15H2,1-3H3,(H,16,17). The first-order valence-electron chi connectivity index (χ1n) is 7.10. The minimum Gasteiger partial charge on any atom is -0.353 e. The fraction of sp³-hybridized carbons (Fsp3) is 0.929. The lowest BCUT2D eigenvalue weighted by Gasteiger charge is -2.31. The van der Waals surface area contributed by atoms with E-state index in [1.165, 1.54) is 12.8 Å². The molecule has 1 rings (SSSR count). The molecule has 17 heavy (non-hydrogen) atoms. The Hall–Kier alpha value is -0.570. The van der Waals surface area contributed by atoms with Crippen molar-refractivity contribution in [3.05, 3.63) is 0 Å². The lowest BCUT2D eigenvalue weighted by Crippen LogP contribution is -2.43. The highest BCUT2D eigenvalue weighted by atomic mass is 16.1. The molecule has 100 valence electrons. The van der Waals surface area contributed by atoms with E-state index in [1.54, 1.807) is 0 Å². The quantitative estimate of drug-likeness (QED) is 0.775. The van der Waals surface area contributed by atoms with Gasteiger partial charge in [-0.15, -0.1) is 0 Å². The van der Waals surface area contributed by atoms with Gasteiger partial charge >= 0.3 is 0 Å². The summed E-state index contributed by atoms with van der Waals surface area (Å²) in [4.78, 5) is 12.1. The Bertz CT molecular complexity index is 242. The molecular formula is C14H28N2O. The Morgan fingerprint density at radius 1 is 1.47 bits per heavy atom. The van der Waals surface area contributed by atoms with Crippen molar-refractivity contribution in [3.8, 4) is 0 Å². The van der Waals surface area contributed by atoms with Crippen LogP contribution in [0.3, 0.4) is 0 Å². The van der Waals surface area contributed by atoms with Crippen molar-refractivity contribution >= 4 is 5.91 Å². The maximum Gasteiger partial charge on any atom is 0.223 e. The average molecular weight is 240 g/mol. The SMILES string of the molecule is CCCCC(C)NC(=O)C1CCC(C)C(N)C1. The topological polar surface area (TPSA) is 55.1 Å². The molecular weight excluding hydrogens is 212 g/mol. The van der Waals surface area contributed by atoms with Gasteiger partial charge in [-0.05, 0) is 38.5 Å². The Morgan fingerprint density at radius 3 is 2.76 bits per heavy atom. The van der Waals surface area contributed by atoms with E-state index in [0.717, 1.165) is 25.7 Å². The Morgan fingerprint density at radius 2 is 2.18 bits per heavy atom. The summed E-state index contributed by atoms with van der Waals surface area (Å²) < 4.78 is 0. The van der Waals surface area contributed by atoms with Crippen LogP contribution in [0.1, 0.15) is 59.3 Å². The summed E-state index contributed by atoms with van der Waals surface area (Å²) in [5.74, 6) is 0.929. The van der Waals surface area contributed by atoms with Crippen molar-refractivity contribution in [3.63, 3.8) is 0 Å². The first-order chi connectivity index (χ1) is 8.04. The molecule has 1 aliphatic carbocycles. The van der Waals surface area contributed by atoms with Crippen LogP contribution in [0.2, 0.25) is 0 Å². The van der Waals surface area contributed by atoms with E-state index >= 15 is 0 Å². The molecule has 0 aromatic carbocycles. The largest absolute Gasteiger partial charge is 0.353 e. The molecule has 0 radical (unpaired) electrons. The van der Waals surface area contributed by atoms with E-state index in [-0.39, 0.29) is 17.9 Å². The van der Waals surface area contributed by atoms with Crippen LogP contribution >= 0.6 is 0 Å². The number of nitrogens with two attached hydrogens (primary N) is 1. The molecule has 0 bridgehead atoms. The number of hydrogen-bond acceptors (Lipinski definition) is 2. The van der Waals surface area contributed by atoms with Crippen molar-refractivity contribution in [2.45, 2.75) is 71.4 Å². The molecule has 0 spiro atoms. The van der Waals surface area contributed by atoms with Crippen LogP contribution in [-0.2, 0) is 4.79 Å². The lowest BCUT2D eigenvalue weighted by molar-refractivity contribution is -0.127. The van der Waals surface area contributed by atoms with E-state index in [4.69, 9.17) is 5.73 Å². The molecule has 0 saturated heterocycles. The number of nitrogens with one attached hydrogen (secondary N) is 1. The highest BCUT2D eigenvalue weighted by molar-refractivity contribution is 5.79. The van der Waals surface area contributed by atoms with Crippen LogP contribution in [-0.4, -0.2) is 18.0 Å². The van der Waals surface area contributed by atoms with Gasteiger partial charge in [0.05, 0.1) is 0 Å². The van der Waals surface area contributed by atoms with Gasteiger partial charge in [0.15, 0.2) is 0 Å². The second-order valence-corrected chi connectivity index (χ2v) is 5.70. The van der Waals surface area contributed by atoms with Gasteiger partial charge in [0, 0.05) is 18.0 Å². The van der Waals surface area contributed by atoms with E-state index < -0.39 is 0 Å². The summed E-state index contributed by atoms with van der Waals surface area (Å²) in [5.41, 5.74) is 6.04. The summed E-state index contributed by atoms with van der Waals surface area (Å²) in [6.07, 6.45) is 6.39. The second kappa shape index (κ2) is 7.00. The Labute approximate surface area is 106 Å². The zero-order valence-corrected chi connectivity index (χ0v) is 11.5. The van der Waals surface area contributed by atoms with Crippen molar-refractivity contribution in [1.82, 2.24) is 5.32 Å². The Kier molecular flexibility index (Phi) is 5.96. The zero-order chi connectivity index (χ0) is 12.8. The monoisotopic (exact) mass is 240 g/mol. The summed E-state index contributed by atoms with van der Waals surface area (Å²) in [5, 5.41) is 3.13. The predicted molar refractivity (Wildman–Crippen MR) is 71.6 cm³/mol. The molecule has 1 saturated carbocycles. The third-order valence-corrected chi connectivity index (χ3v) is 4.01.